The van der Waals surface area contributed by atoms with Crippen LogP contribution in [0.4, 0.5) is 0 Å². The second-order valence-electron chi connectivity index (χ2n) is 3.90. The molecule has 1 heterocycles. The Morgan fingerprint density at radius 1 is 1.50 bits per heavy atom. The van der Waals surface area contributed by atoms with E-state index in [1.165, 1.54) is 0 Å². The SMILES string of the molecule is CCCC(C)C(O)Cc1cccnc1. The molecule has 0 bridgehead atoms. The summed E-state index contributed by atoms with van der Waals surface area (Å²) in [5.74, 6) is 0.375. The van der Waals surface area contributed by atoms with Gasteiger partial charge in [-0.1, -0.05) is 26.3 Å². The van der Waals surface area contributed by atoms with Gasteiger partial charge in [0.15, 0.2) is 0 Å². The van der Waals surface area contributed by atoms with Crippen molar-refractivity contribution in [1.29, 1.82) is 0 Å². The van der Waals surface area contributed by atoms with Crippen molar-refractivity contribution in [2.45, 2.75) is 39.2 Å². The molecule has 78 valence electrons. The van der Waals surface area contributed by atoms with E-state index in [0.29, 0.717) is 5.92 Å². The van der Waals surface area contributed by atoms with Crippen LogP contribution in [0.1, 0.15) is 32.3 Å². The van der Waals surface area contributed by atoms with Crippen molar-refractivity contribution in [3.05, 3.63) is 30.1 Å². The maximum absolute atomic E-state index is 9.87. The maximum Gasteiger partial charge on any atom is 0.0606 e. The Hall–Kier alpha value is -0.890. The van der Waals surface area contributed by atoms with Gasteiger partial charge in [0.05, 0.1) is 6.10 Å². The van der Waals surface area contributed by atoms with Gasteiger partial charge in [0.25, 0.3) is 0 Å². The molecule has 1 rings (SSSR count). The van der Waals surface area contributed by atoms with E-state index in [4.69, 9.17) is 0 Å². The van der Waals surface area contributed by atoms with Crippen molar-refractivity contribution in [1.82, 2.24) is 4.98 Å². The van der Waals surface area contributed by atoms with Crippen LogP contribution in [0.5, 0.6) is 0 Å². The molecule has 0 saturated carbocycles. The third-order valence-corrected chi connectivity index (χ3v) is 2.57. The van der Waals surface area contributed by atoms with E-state index in [9.17, 15) is 5.11 Å². The molecular weight excluding hydrogens is 174 g/mol. The van der Waals surface area contributed by atoms with E-state index >= 15 is 0 Å². The minimum atomic E-state index is -0.237. The summed E-state index contributed by atoms with van der Waals surface area (Å²) in [6.07, 6.45) is 6.27. The molecule has 0 radical (unpaired) electrons. The Morgan fingerprint density at radius 3 is 2.86 bits per heavy atom. The third kappa shape index (κ3) is 3.46. The van der Waals surface area contributed by atoms with Crippen LogP contribution in [0.25, 0.3) is 0 Å². The van der Waals surface area contributed by atoms with E-state index in [-0.39, 0.29) is 6.10 Å². The van der Waals surface area contributed by atoms with Crippen LogP contribution < -0.4 is 0 Å². The lowest BCUT2D eigenvalue weighted by atomic mass is 9.95. The highest BCUT2D eigenvalue weighted by molar-refractivity contribution is 5.09. The summed E-state index contributed by atoms with van der Waals surface area (Å²) in [6.45, 7) is 4.25. The molecule has 0 amide bonds. The number of hydrogen-bond donors (Lipinski definition) is 1. The molecule has 2 heteroatoms. The number of hydrogen-bond acceptors (Lipinski definition) is 2. The lowest BCUT2D eigenvalue weighted by Crippen LogP contribution is -2.20. The summed E-state index contributed by atoms with van der Waals surface area (Å²) in [6, 6.07) is 3.92. The number of nitrogens with zero attached hydrogens (tertiary/aromatic N) is 1. The van der Waals surface area contributed by atoms with Gasteiger partial charge in [0.2, 0.25) is 0 Å². The van der Waals surface area contributed by atoms with Gasteiger partial charge >= 0.3 is 0 Å². The fourth-order valence-electron chi connectivity index (χ4n) is 1.61. The predicted octanol–water partition coefficient (Wildman–Crippen LogP) is 2.42. The first-order valence-electron chi connectivity index (χ1n) is 5.31. The van der Waals surface area contributed by atoms with E-state index < -0.39 is 0 Å². The second kappa shape index (κ2) is 5.76. The van der Waals surface area contributed by atoms with Gasteiger partial charge in [0.1, 0.15) is 0 Å². The van der Waals surface area contributed by atoms with Crippen LogP contribution in [0.3, 0.4) is 0 Å². The maximum atomic E-state index is 9.87. The molecule has 0 saturated heterocycles. The molecule has 2 nitrogen and oxygen atoms in total. The molecule has 0 aliphatic heterocycles. The monoisotopic (exact) mass is 193 g/mol. The molecular formula is C12H19NO. The Kier molecular flexibility index (Phi) is 4.60. The van der Waals surface area contributed by atoms with Gasteiger partial charge in [0, 0.05) is 18.8 Å². The average molecular weight is 193 g/mol. The average Bonchev–Trinajstić information content (AvgIpc) is 2.19. The Morgan fingerprint density at radius 2 is 2.29 bits per heavy atom. The van der Waals surface area contributed by atoms with E-state index in [0.717, 1.165) is 24.8 Å². The summed E-state index contributed by atoms with van der Waals surface area (Å²) in [4.78, 5) is 4.03. The molecule has 0 fully saturated rings. The number of aliphatic hydroxyl groups is 1. The summed E-state index contributed by atoms with van der Waals surface area (Å²) in [7, 11) is 0. The fourth-order valence-corrected chi connectivity index (χ4v) is 1.61. The zero-order valence-electron chi connectivity index (χ0n) is 8.98. The van der Waals surface area contributed by atoms with Crippen LogP contribution in [0, 0.1) is 5.92 Å². The molecule has 0 aromatic carbocycles. The van der Waals surface area contributed by atoms with Crippen LogP contribution in [-0.2, 0) is 6.42 Å². The molecule has 14 heavy (non-hydrogen) atoms. The molecule has 2 atom stereocenters. The van der Waals surface area contributed by atoms with Crippen LogP contribution >= 0.6 is 0 Å². The Balaban J connectivity index is 2.44. The summed E-state index contributed by atoms with van der Waals surface area (Å²) in [5.41, 5.74) is 1.11. The molecule has 1 N–H and O–H groups in total. The van der Waals surface area contributed by atoms with Gasteiger partial charge in [-0.05, 0) is 24.0 Å². The van der Waals surface area contributed by atoms with E-state index in [1.807, 2.05) is 18.3 Å². The minimum Gasteiger partial charge on any atom is -0.393 e. The summed E-state index contributed by atoms with van der Waals surface area (Å²) in [5, 5.41) is 9.87. The smallest absolute Gasteiger partial charge is 0.0606 e. The molecule has 0 aliphatic carbocycles. The Bertz CT molecular complexity index is 248. The number of aromatic nitrogens is 1. The van der Waals surface area contributed by atoms with Crippen LogP contribution in [0.2, 0.25) is 0 Å². The number of pyridine rings is 1. The van der Waals surface area contributed by atoms with Crippen molar-refractivity contribution >= 4 is 0 Å². The fraction of sp³-hybridized carbons (Fsp3) is 0.583. The molecule has 1 aromatic heterocycles. The molecule has 0 aliphatic rings. The highest BCUT2D eigenvalue weighted by atomic mass is 16.3. The minimum absolute atomic E-state index is 0.237. The first kappa shape index (κ1) is 11.2. The van der Waals surface area contributed by atoms with Gasteiger partial charge in [-0.25, -0.2) is 0 Å². The van der Waals surface area contributed by atoms with E-state index in [2.05, 4.69) is 18.8 Å². The third-order valence-electron chi connectivity index (χ3n) is 2.57. The molecule has 0 spiro atoms. The van der Waals surface area contributed by atoms with Crippen molar-refractivity contribution in [2.24, 2.45) is 5.92 Å². The second-order valence-corrected chi connectivity index (χ2v) is 3.90. The highest BCUT2D eigenvalue weighted by Gasteiger charge is 2.13. The van der Waals surface area contributed by atoms with Crippen molar-refractivity contribution < 1.29 is 5.11 Å². The van der Waals surface area contributed by atoms with Crippen LogP contribution in [-0.4, -0.2) is 16.2 Å². The van der Waals surface area contributed by atoms with Gasteiger partial charge in [-0.15, -0.1) is 0 Å². The molecule has 2 unspecified atom stereocenters. The lowest BCUT2D eigenvalue weighted by molar-refractivity contribution is 0.111. The Labute approximate surface area is 86.0 Å². The number of rotatable bonds is 5. The topological polar surface area (TPSA) is 33.1 Å². The zero-order valence-corrected chi connectivity index (χ0v) is 8.98. The largest absolute Gasteiger partial charge is 0.393 e. The van der Waals surface area contributed by atoms with Crippen molar-refractivity contribution in [2.75, 3.05) is 0 Å². The molecule has 1 aromatic rings. The quantitative estimate of drug-likeness (QED) is 0.779. The van der Waals surface area contributed by atoms with Gasteiger partial charge in [-0.2, -0.15) is 0 Å². The highest BCUT2D eigenvalue weighted by Crippen LogP contribution is 2.14. The van der Waals surface area contributed by atoms with Crippen molar-refractivity contribution in [3.63, 3.8) is 0 Å². The zero-order chi connectivity index (χ0) is 10.4. The summed E-state index contributed by atoms with van der Waals surface area (Å²) < 4.78 is 0. The van der Waals surface area contributed by atoms with Gasteiger partial charge in [-0.3, -0.25) is 4.98 Å². The van der Waals surface area contributed by atoms with Crippen LogP contribution in [0.15, 0.2) is 24.5 Å². The van der Waals surface area contributed by atoms with Crippen molar-refractivity contribution in [3.8, 4) is 0 Å². The normalized spacial score (nSPS) is 15.1. The number of aliphatic hydroxyl groups excluding tert-OH is 1. The lowest BCUT2D eigenvalue weighted by Gasteiger charge is -2.17. The summed E-state index contributed by atoms with van der Waals surface area (Å²) >= 11 is 0. The van der Waals surface area contributed by atoms with E-state index in [1.54, 1.807) is 6.20 Å². The predicted molar refractivity (Wildman–Crippen MR) is 58.0 cm³/mol. The first-order chi connectivity index (χ1) is 6.74. The first-order valence-corrected chi connectivity index (χ1v) is 5.31. The standard InChI is InChI=1S/C12H19NO/c1-3-5-10(2)12(14)8-11-6-4-7-13-9-11/h4,6-7,9-10,12,14H,3,5,8H2,1-2H3. The van der Waals surface area contributed by atoms with Gasteiger partial charge < -0.3 is 5.11 Å².